The zero-order valence-electron chi connectivity index (χ0n) is 10.1. The monoisotopic (exact) mass is 247 g/mol. The first kappa shape index (κ1) is 15.3. The number of carbonyl (C=O) groups excluding carboxylic acids is 1. The molecule has 0 fully saturated rings. The van der Waals surface area contributed by atoms with Crippen LogP contribution in [0.15, 0.2) is 12.7 Å². The maximum atomic E-state index is 11.8. The number of sulfonamides is 1. The largest absolute Gasteiger partial charge is 0.302 e. The first-order valence-corrected chi connectivity index (χ1v) is 7.12. The lowest BCUT2D eigenvalue weighted by atomic mass is 10.2. The molecule has 0 radical (unpaired) electrons. The average Bonchev–Trinajstić information content (AvgIpc) is 2.25. The molecule has 5 heteroatoms. The molecule has 0 aliphatic rings. The fraction of sp³-hybridized carbons (Fsp3) is 0.727. The Morgan fingerprint density at radius 3 is 2.44 bits per heavy atom. The van der Waals surface area contributed by atoms with Crippen molar-refractivity contribution < 1.29 is 13.2 Å². The van der Waals surface area contributed by atoms with Crippen molar-refractivity contribution in [2.45, 2.75) is 38.6 Å². The van der Waals surface area contributed by atoms with E-state index in [9.17, 15) is 13.2 Å². The smallest absolute Gasteiger partial charge is 0.214 e. The van der Waals surface area contributed by atoms with Gasteiger partial charge in [0.2, 0.25) is 10.0 Å². The molecule has 1 atom stereocenters. The van der Waals surface area contributed by atoms with E-state index in [2.05, 4.69) is 6.58 Å². The number of hydrogen-bond acceptors (Lipinski definition) is 3. The number of rotatable bonds is 9. The molecule has 0 bridgehead atoms. The van der Waals surface area contributed by atoms with Crippen molar-refractivity contribution in [3.05, 3.63) is 12.7 Å². The molecule has 1 unspecified atom stereocenters. The van der Waals surface area contributed by atoms with Gasteiger partial charge < -0.3 is 4.79 Å². The summed E-state index contributed by atoms with van der Waals surface area (Å²) in [4.78, 5) is 10.8. The van der Waals surface area contributed by atoms with Gasteiger partial charge in [0, 0.05) is 7.05 Å². The van der Waals surface area contributed by atoms with E-state index in [1.54, 1.807) is 6.08 Å². The van der Waals surface area contributed by atoms with Crippen molar-refractivity contribution in [1.82, 2.24) is 4.31 Å². The van der Waals surface area contributed by atoms with Gasteiger partial charge in [0.15, 0.2) is 0 Å². The molecule has 0 aliphatic carbocycles. The van der Waals surface area contributed by atoms with Gasteiger partial charge in [0.05, 0.1) is 11.8 Å². The highest BCUT2D eigenvalue weighted by molar-refractivity contribution is 7.89. The van der Waals surface area contributed by atoms with Crippen LogP contribution in [0.1, 0.15) is 32.6 Å². The minimum Gasteiger partial charge on any atom is -0.302 e. The summed E-state index contributed by atoms with van der Waals surface area (Å²) in [6.45, 7) is 5.52. The summed E-state index contributed by atoms with van der Waals surface area (Å²) in [5, 5.41) is 0. The summed E-state index contributed by atoms with van der Waals surface area (Å²) >= 11 is 0. The normalized spacial score (nSPS) is 13.7. The van der Waals surface area contributed by atoms with Gasteiger partial charge in [0.1, 0.15) is 6.29 Å². The zero-order chi connectivity index (χ0) is 12.6. The van der Waals surface area contributed by atoms with Crippen LogP contribution in [0.3, 0.4) is 0 Å². The molecule has 0 aromatic carbocycles. The predicted molar refractivity (Wildman–Crippen MR) is 65.7 cm³/mol. The highest BCUT2D eigenvalue weighted by Crippen LogP contribution is 2.09. The Morgan fingerprint density at radius 2 is 2.00 bits per heavy atom. The summed E-state index contributed by atoms with van der Waals surface area (Å²) < 4.78 is 24.8. The van der Waals surface area contributed by atoms with Crippen molar-refractivity contribution in [3.63, 3.8) is 0 Å². The minimum absolute atomic E-state index is 0.110. The third kappa shape index (κ3) is 4.90. The summed E-state index contributed by atoms with van der Waals surface area (Å²) in [5.41, 5.74) is 0. The fourth-order valence-corrected chi connectivity index (χ4v) is 2.75. The molecule has 0 aromatic rings. The Balaban J connectivity index is 4.47. The SMILES string of the molecule is C=CCC(C=O)N(C)S(=O)(=O)CCCCC. The molecule has 0 saturated heterocycles. The minimum atomic E-state index is -3.31. The van der Waals surface area contributed by atoms with Gasteiger partial charge in [-0.15, -0.1) is 6.58 Å². The Morgan fingerprint density at radius 1 is 1.38 bits per heavy atom. The van der Waals surface area contributed by atoms with Crippen LogP contribution >= 0.6 is 0 Å². The van der Waals surface area contributed by atoms with Crippen LogP contribution in [0.4, 0.5) is 0 Å². The topological polar surface area (TPSA) is 54.5 Å². The second kappa shape index (κ2) is 7.57. The van der Waals surface area contributed by atoms with E-state index in [4.69, 9.17) is 0 Å². The van der Waals surface area contributed by atoms with E-state index in [0.29, 0.717) is 19.1 Å². The molecule has 0 rings (SSSR count). The standard InChI is InChI=1S/C11H21NO3S/c1-4-6-7-9-16(14,15)12(3)11(10-13)8-5-2/h5,10-11H,2,4,6-9H2,1,3H3. The van der Waals surface area contributed by atoms with Gasteiger partial charge in [-0.25, -0.2) is 8.42 Å². The maximum Gasteiger partial charge on any atom is 0.214 e. The second-order valence-corrected chi connectivity index (χ2v) is 5.92. The summed E-state index contributed by atoms with van der Waals surface area (Å²) in [6.07, 6.45) is 5.06. The molecule has 0 spiro atoms. The van der Waals surface area contributed by atoms with E-state index < -0.39 is 16.1 Å². The molecule has 16 heavy (non-hydrogen) atoms. The van der Waals surface area contributed by atoms with Gasteiger partial charge in [-0.2, -0.15) is 4.31 Å². The Hall–Kier alpha value is -0.680. The fourth-order valence-electron chi connectivity index (χ4n) is 1.35. The zero-order valence-corrected chi connectivity index (χ0v) is 10.9. The second-order valence-electron chi connectivity index (χ2n) is 3.77. The van der Waals surface area contributed by atoms with Crippen molar-refractivity contribution in [3.8, 4) is 0 Å². The Bertz CT molecular complexity index is 311. The van der Waals surface area contributed by atoms with E-state index in [1.165, 1.54) is 7.05 Å². The van der Waals surface area contributed by atoms with Crippen LogP contribution < -0.4 is 0 Å². The molecule has 94 valence electrons. The van der Waals surface area contributed by atoms with Crippen LogP contribution in [-0.4, -0.2) is 37.9 Å². The summed E-state index contributed by atoms with van der Waals surface area (Å²) in [7, 11) is -1.86. The van der Waals surface area contributed by atoms with Crippen LogP contribution in [0.5, 0.6) is 0 Å². The molecule has 4 nitrogen and oxygen atoms in total. The van der Waals surface area contributed by atoms with Gasteiger partial charge in [-0.05, 0) is 12.8 Å². The number of unbranched alkanes of at least 4 members (excludes halogenated alkanes) is 2. The maximum absolute atomic E-state index is 11.8. The van der Waals surface area contributed by atoms with Crippen molar-refractivity contribution >= 4 is 16.3 Å². The lowest BCUT2D eigenvalue weighted by molar-refractivity contribution is -0.110. The van der Waals surface area contributed by atoms with Crippen molar-refractivity contribution in [2.24, 2.45) is 0 Å². The number of carbonyl (C=O) groups is 1. The van der Waals surface area contributed by atoms with Crippen LogP contribution in [0, 0.1) is 0 Å². The van der Waals surface area contributed by atoms with E-state index in [1.807, 2.05) is 6.92 Å². The lowest BCUT2D eigenvalue weighted by Gasteiger charge is -2.22. The van der Waals surface area contributed by atoms with Crippen LogP contribution in [0.2, 0.25) is 0 Å². The molecule has 0 aromatic heterocycles. The lowest BCUT2D eigenvalue weighted by Crippen LogP contribution is -2.39. The van der Waals surface area contributed by atoms with Gasteiger partial charge in [-0.1, -0.05) is 25.8 Å². The molecular formula is C11H21NO3S. The molecule has 0 amide bonds. The third-order valence-electron chi connectivity index (χ3n) is 2.48. The quantitative estimate of drug-likeness (QED) is 0.353. The predicted octanol–water partition coefficient (Wildman–Crippen LogP) is 1.58. The summed E-state index contributed by atoms with van der Waals surface area (Å²) in [6, 6.07) is -0.621. The molecule has 0 heterocycles. The number of likely N-dealkylation sites (N-methyl/N-ethyl adjacent to an activating group) is 1. The van der Waals surface area contributed by atoms with Gasteiger partial charge >= 0.3 is 0 Å². The average molecular weight is 247 g/mol. The molecule has 0 saturated carbocycles. The first-order valence-electron chi connectivity index (χ1n) is 5.51. The first-order chi connectivity index (χ1) is 7.49. The molecule has 0 N–H and O–H groups in total. The molecule has 0 aliphatic heterocycles. The summed E-state index contributed by atoms with van der Waals surface area (Å²) in [5.74, 6) is 0.110. The van der Waals surface area contributed by atoms with Gasteiger partial charge in [0.25, 0.3) is 0 Å². The third-order valence-corrected chi connectivity index (χ3v) is 4.43. The van der Waals surface area contributed by atoms with Gasteiger partial charge in [-0.3, -0.25) is 0 Å². The highest BCUT2D eigenvalue weighted by Gasteiger charge is 2.24. The number of aldehydes is 1. The Kier molecular flexibility index (Phi) is 7.25. The number of nitrogens with zero attached hydrogens (tertiary/aromatic N) is 1. The van der Waals surface area contributed by atoms with E-state index in [-0.39, 0.29) is 5.75 Å². The van der Waals surface area contributed by atoms with Crippen molar-refractivity contribution in [1.29, 1.82) is 0 Å². The Labute approximate surface area is 98.4 Å². The molecular weight excluding hydrogens is 226 g/mol. The van der Waals surface area contributed by atoms with Crippen LogP contribution in [-0.2, 0) is 14.8 Å². The van der Waals surface area contributed by atoms with E-state index in [0.717, 1.165) is 17.1 Å². The van der Waals surface area contributed by atoms with Crippen LogP contribution in [0.25, 0.3) is 0 Å². The number of hydrogen-bond donors (Lipinski definition) is 0. The van der Waals surface area contributed by atoms with Crippen molar-refractivity contribution in [2.75, 3.05) is 12.8 Å². The van der Waals surface area contributed by atoms with E-state index >= 15 is 0 Å². The highest BCUT2D eigenvalue weighted by atomic mass is 32.2.